The molecule has 8 heavy (non-hydrogen) atoms. The lowest BCUT2D eigenvalue weighted by Crippen LogP contribution is -2.21. The summed E-state index contributed by atoms with van der Waals surface area (Å²) in [6.07, 6.45) is 2.50. The second-order valence-corrected chi connectivity index (χ2v) is 1.88. The largest absolute Gasteiger partial charge is 0.380 e. The summed E-state index contributed by atoms with van der Waals surface area (Å²) in [5.74, 6) is 0. The van der Waals surface area contributed by atoms with Crippen molar-refractivity contribution < 1.29 is 4.74 Å². The van der Waals surface area contributed by atoms with E-state index in [0.717, 1.165) is 12.8 Å². The minimum atomic E-state index is 0.278. The third kappa shape index (κ3) is 2.99. The normalized spacial score (nSPS) is 13.9. The first-order valence-electron chi connectivity index (χ1n) is 3.08. The van der Waals surface area contributed by atoms with Crippen molar-refractivity contribution in [2.24, 2.45) is 5.73 Å². The fourth-order valence-corrected chi connectivity index (χ4v) is 0.654. The molecule has 0 aromatic carbocycles. The van der Waals surface area contributed by atoms with Gasteiger partial charge in [0.1, 0.15) is 0 Å². The molecule has 0 amide bonds. The lowest BCUT2D eigenvalue weighted by molar-refractivity contribution is 0.101. The molecule has 0 aliphatic heterocycles. The fraction of sp³-hybridized carbons (Fsp3) is 1.00. The first kappa shape index (κ1) is 7.92. The molecule has 0 rings (SSSR count). The molecule has 2 heteroatoms. The quantitative estimate of drug-likeness (QED) is 0.590. The number of nitrogens with two attached hydrogens (primary N) is 1. The minimum Gasteiger partial charge on any atom is -0.380 e. The zero-order chi connectivity index (χ0) is 6.41. The summed E-state index contributed by atoms with van der Waals surface area (Å²) < 4.78 is 5.01. The zero-order valence-electron chi connectivity index (χ0n) is 5.68. The van der Waals surface area contributed by atoms with Crippen molar-refractivity contribution in [2.45, 2.75) is 25.9 Å². The molecule has 2 nitrogen and oxygen atoms in total. The molecule has 1 atom stereocenters. The molecule has 2 N–H and O–H groups in total. The topological polar surface area (TPSA) is 35.2 Å². The van der Waals surface area contributed by atoms with Crippen molar-refractivity contribution in [3.63, 3.8) is 0 Å². The van der Waals surface area contributed by atoms with Gasteiger partial charge in [-0.1, -0.05) is 13.3 Å². The van der Waals surface area contributed by atoms with Gasteiger partial charge in [0, 0.05) is 13.7 Å². The van der Waals surface area contributed by atoms with Crippen molar-refractivity contribution in [2.75, 3.05) is 13.7 Å². The van der Waals surface area contributed by atoms with Crippen LogP contribution in [0.4, 0.5) is 0 Å². The third-order valence-electron chi connectivity index (χ3n) is 1.21. The van der Waals surface area contributed by atoms with Gasteiger partial charge >= 0.3 is 0 Å². The summed E-state index contributed by atoms with van der Waals surface area (Å²) in [4.78, 5) is 0. The number of hydrogen-bond donors (Lipinski definition) is 1. The van der Waals surface area contributed by atoms with Gasteiger partial charge in [0.2, 0.25) is 0 Å². The van der Waals surface area contributed by atoms with Gasteiger partial charge in [-0.15, -0.1) is 0 Å². The van der Waals surface area contributed by atoms with E-state index in [9.17, 15) is 0 Å². The van der Waals surface area contributed by atoms with E-state index in [0.29, 0.717) is 6.54 Å². The van der Waals surface area contributed by atoms with Crippen LogP contribution in [0, 0.1) is 0 Å². The Balaban J connectivity index is 3.07. The van der Waals surface area contributed by atoms with Gasteiger partial charge in [-0.25, -0.2) is 0 Å². The van der Waals surface area contributed by atoms with E-state index in [4.69, 9.17) is 10.5 Å². The number of ether oxygens (including phenoxy) is 1. The molecule has 0 spiro atoms. The molecule has 0 aliphatic rings. The average molecular weight is 117 g/mol. The summed E-state index contributed by atoms with van der Waals surface area (Å²) in [5.41, 5.74) is 5.34. The van der Waals surface area contributed by atoms with Crippen molar-refractivity contribution in [3.8, 4) is 0 Å². The second-order valence-electron chi connectivity index (χ2n) is 1.88. The van der Waals surface area contributed by atoms with Gasteiger partial charge in [0.15, 0.2) is 0 Å². The van der Waals surface area contributed by atoms with E-state index < -0.39 is 0 Å². The Kier molecular flexibility index (Phi) is 5.01. The van der Waals surface area contributed by atoms with E-state index in [1.54, 1.807) is 7.11 Å². The SMILES string of the molecule is CCC[C@@H](CN)OC. The highest BCUT2D eigenvalue weighted by Crippen LogP contribution is 1.96. The summed E-state index contributed by atoms with van der Waals surface area (Å²) in [7, 11) is 1.70. The molecule has 0 bridgehead atoms. The molecule has 0 heterocycles. The van der Waals surface area contributed by atoms with Crippen LogP contribution in [-0.2, 0) is 4.74 Å². The summed E-state index contributed by atoms with van der Waals surface area (Å²) >= 11 is 0. The Morgan fingerprint density at radius 1 is 1.62 bits per heavy atom. The van der Waals surface area contributed by atoms with E-state index in [1.807, 2.05) is 0 Å². The minimum absolute atomic E-state index is 0.278. The fourth-order valence-electron chi connectivity index (χ4n) is 0.654. The smallest absolute Gasteiger partial charge is 0.0693 e. The summed E-state index contributed by atoms with van der Waals surface area (Å²) in [6.45, 7) is 2.77. The van der Waals surface area contributed by atoms with Crippen LogP contribution in [-0.4, -0.2) is 19.8 Å². The molecule has 0 radical (unpaired) electrons. The molecule has 0 fully saturated rings. The molecule has 0 saturated carbocycles. The van der Waals surface area contributed by atoms with Crippen molar-refractivity contribution in [1.29, 1.82) is 0 Å². The van der Waals surface area contributed by atoms with E-state index in [-0.39, 0.29) is 6.10 Å². The molecule has 0 saturated heterocycles. The maximum absolute atomic E-state index is 5.34. The predicted octanol–water partition coefficient (Wildman–Crippen LogP) is 0.760. The van der Waals surface area contributed by atoms with E-state index >= 15 is 0 Å². The first-order chi connectivity index (χ1) is 3.85. The summed E-state index contributed by atoms with van der Waals surface area (Å²) in [6, 6.07) is 0. The van der Waals surface area contributed by atoms with Crippen LogP contribution in [0.5, 0.6) is 0 Å². The molecular weight excluding hydrogens is 102 g/mol. The van der Waals surface area contributed by atoms with Crippen LogP contribution in [0.2, 0.25) is 0 Å². The Bertz CT molecular complexity index is 43.8. The molecular formula is C6H15NO. The zero-order valence-corrected chi connectivity index (χ0v) is 5.68. The number of hydrogen-bond acceptors (Lipinski definition) is 2. The highest BCUT2D eigenvalue weighted by Gasteiger charge is 1.99. The van der Waals surface area contributed by atoms with Gasteiger partial charge in [-0.3, -0.25) is 0 Å². The van der Waals surface area contributed by atoms with Crippen LogP contribution >= 0.6 is 0 Å². The van der Waals surface area contributed by atoms with Crippen LogP contribution < -0.4 is 5.73 Å². The van der Waals surface area contributed by atoms with E-state index in [1.165, 1.54) is 0 Å². The lowest BCUT2D eigenvalue weighted by Gasteiger charge is -2.09. The van der Waals surface area contributed by atoms with Crippen molar-refractivity contribution in [3.05, 3.63) is 0 Å². The monoisotopic (exact) mass is 117 g/mol. The van der Waals surface area contributed by atoms with Crippen LogP contribution in [0.15, 0.2) is 0 Å². The van der Waals surface area contributed by atoms with Crippen molar-refractivity contribution >= 4 is 0 Å². The van der Waals surface area contributed by atoms with Crippen molar-refractivity contribution in [1.82, 2.24) is 0 Å². The lowest BCUT2D eigenvalue weighted by atomic mass is 10.2. The Morgan fingerprint density at radius 2 is 2.25 bits per heavy atom. The Hall–Kier alpha value is -0.0800. The van der Waals surface area contributed by atoms with Crippen LogP contribution in [0.3, 0.4) is 0 Å². The molecule has 0 aromatic rings. The van der Waals surface area contributed by atoms with Gasteiger partial charge in [0.25, 0.3) is 0 Å². The average Bonchev–Trinajstić information content (AvgIpc) is 1.83. The molecule has 0 unspecified atom stereocenters. The standard InChI is InChI=1S/C6H15NO/c1-3-4-6(5-7)8-2/h6H,3-5,7H2,1-2H3/t6-/m0/s1. The molecule has 0 aliphatic carbocycles. The van der Waals surface area contributed by atoms with Crippen LogP contribution in [0.1, 0.15) is 19.8 Å². The summed E-state index contributed by atoms with van der Waals surface area (Å²) in [5, 5.41) is 0. The molecule has 50 valence electrons. The highest BCUT2D eigenvalue weighted by atomic mass is 16.5. The van der Waals surface area contributed by atoms with Gasteiger partial charge in [-0.2, -0.15) is 0 Å². The van der Waals surface area contributed by atoms with Gasteiger partial charge in [-0.05, 0) is 6.42 Å². The number of rotatable bonds is 4. The number of methoxy groups -OCH3 is 1. The van der Waals surface area contributed by atoms with Crippen LogP contribution in [0.25, 0.3) is 0 Å². The maximum atomic E-state index is 5.34. The molecule has 0 aromatic heterocycles. The third-order valence-corrected chi connectivity index (χ3v) is 1.21. The van der Waals surface area contributed by atoms with E-state index in [2.05, 4.69) is 6.92 Å². The maximum Gasteiger partial charge on any atom is 0.0693 e. The Labute approximate surface area is 51.0 Å². The predicted molar refractivity (Wildman–Crippen MR) is 34.8 cm³/mol. The van der Waals surface area contributed by atoms with Gasteiger partial charge < -0.3 is 10.5 Å². The first-order valence-corrected chi connectivity index (χ1v) is 3.08. The highest BCUT2D eigenvalue weighted by molar-refractivity contribution is 4.54. The van der Waals surface area contributed by atoms with Gasteiger partial charge in [0.05, 0.1) is 6.10 Å². The Morgan fingerprint density at radius 3 is 2.38 bits per heavy atom. The second kappa shape index (κ2) is 5.06.